The second-order valence-corrected chi connectivity index (χ2v) is 4.18. The van der Waals surface area contributed by atoms with Gasteiger partial charge in [0.15, 0.2) is 5.78 Å². The van der Waals surface area contributed by atoms with Crippen LogP contribution in [0.15, 0.2) is 30.3 Å². The largest absolute Gasteiger partial charge is 0.497 e. The molecule has 0 aromatic heterocycles. The van der Waals surface area contributed by atoms with Gasteiger partial charge in [0.05, 0.1) is 7.11 Å². The summed E-state index contributed by atoms with van der Waals surface area (Å²) in [5.74, 6) is -0.0661. The molecule has 0 atom stereocenters. The molecular formula is C15H18O4. The van der Waals surface area contributed by atoms with Crippen molar-refractivity contribution >= 4 is 17.8 Å². The van der Waals surface area contributed by atoms with E-state index in [1.165, 1.54) is 6.08 Å². The Bertz CT molecular complexity index is 463. The van der Waals surface area contributed by atoms with E-state index in [9.17, 15) is 9.59 Å². The summed E-state index contributed by atoms with van der Waals surface area (Å²) in [4.78, 5) is 21.9. The summed E-state index contributed by atoms with van der Waals surface area (Å²) in [5, 5.41) is 8.47. The molecule has 0 saturated carbocycles. The van der Waals surface area contributed by atoms with Gasteiger partial charge in [-0.05, 0) is 36.6 Å². The van der Waals surface area contributed by atoms with Gasteiger partial charge in [0.25, 0.3) is 0 Å². The molecule has 0 unspecified atom stereocenters. The zero-order valence-electron chi connectivity index (χ0n) is 11.0. The van der Waals surface area contributed by atoms with Crippen molar-refractivity contribution in [3.63, 3.8) is 0 Å². The molecule has 0 aliphatic rings. The third-order valence-corrected chi connectivity index (χ3v) is 2.62. The van der Waals surface area contributed by atoms with E-state index in [1.54, 1.807) is 13.2 Å². The topological polar surface area (TPSA) is 63.6 Å². The van der Waals surface area contributed by atoms with Crippen LogP contribution >= 0.6 is 0 Å². The number of ether oxygens (including phenoxy) is 1. The van der Waals surface area contributed by atoms with Crippen LogP contribution in [0.25, 0.3) is 6.08 Å². The van der Waals surface area contributed by atoms with E-state index in [4.69, 9.17) is 9.84 Å². The highest BCUT2D eigenvalue weighted by atomic mass is 16.5. The van der Waals surface area contributed by atoms with E-state index in [0.717, 1.165) is 11.3 Å². The third kappa shape index (κ3) is 6.41. The molecule has 1 aromatic carbocycles. The monoisotopic (exact) mass is 262 g/mol. The lowest BCUT2D eigenvalue weighted by molar-refractivity contribution is -0.137. The maximum Gasteiger partial charge on any atom is 0.303 e. The smallest absolute Gasteiger partial charge is 0.303 e. The number of carboxylic acid groups (broad SMARTS) is 1. The number of unbranched alkanes of at least 4 members (excludes halogenated alkanes) is 1. The first-order valence-electron chi connectivity index (χ1n) is 6.18. The van der Waals surface area contributed by atoms with Crippen LogP contribution < -0.4 is 4.74 Å². The maximum absolute atomic E-state index is 11.6. The van der Waals surface area contributed by atoms with E-state index in [2.05, 4.69) is 0 Å². The standard InChI is InChI=1S/C15H18O4/c1-19-14-7-4-5-12(11-14)9-10-13(16)6-2-3-8-15(17)18/h4-5,7,9-11H,2-3,6,8H2,1H3,(H,17,18)/b10-9+. The molecule has 0 bridgehead atoms. The number of aliphatic carboxylic acids is 1. The van der Waals surface area contributed by atoms with Gasteiger partial charge >= 0.3 is 5.97 Å². The number of methoxy groups -OCH3 is 1. The van der Waals surface area contributed by atoms with Crippen molar-refractivity contribution in [3.8, 4) is 5.75 Å². The first kappa shape index (κ1) is 15.0. The zero-order chi connectivity index (χ0) is 14.1. The predicted molar refractivity (Wildman–Crippen MR) is 73.1 cm³/mol. The predicted octanol–water partition coefficient (Wildman–Crippen LogP) is 2.92. The Balaban J connectivity index is 2.38. The Kier molecular flexibility index (Phi) is 6.36. The van der Waals surface area contributed by atoms with Crippen molar-refractivity contribution in [1.82, 2.24) is 0 Å². The van der Waals surface area contributed by atoms with Gasteiger partial charge < -0.3 is 9.84 Å². The zero-order valence-corrected chi connectivity index (χ0v) is 11.0. The highest BCUT2D eigenvalue weighted by Crippen LogP contribution is 2.13. The Labute approximate surface area is 112 Å². The lowest BCUT2D eigenvalue weighted by atomic mass is 10.1. The lowest BCUT2D eigenvalue weighted by Crippen LogP contribution is -1.96. The van der Waals surface area contributed by atoms with Crippen LogP contribution in [0.5, 0.6) is 5.75 Å². The molecule has 1 rings (SSSR count). The van der Waals surface area contributed by atoms with Crippen molar-refractivity contribution < 1.29 is 19.4 Å². The van der Waals surface area contributed by atoms with Crippen molar-refractivity contribution in [2.24, 2.45) is 0 Å². The Morgan fingerprint density at radius 1 is 1.26 bits per heavy atom. The number of rotatable bonds is 8. The van der Waals surface area contributed by atoms with E-state index >= 15 is 0 Å². The summed E-state index contributed by atoms with van der Waals surface area (Å²) in [7, 11) is 1.59. The molecular weight excluding hydrogens is 244 g/mol. The van der Waals surface area contributed by atoms with Gasteiger partial charge in [-0.15, -0.1) is 0 Å². The van der Waals surface area contributed by atoms with Crippen LogP contribution in [0, 0.1) is 0 Å². The molecule has 0 radical (unpaired) electrons. The number of hydrogen-bond acceptors (Lipinski definition) is 3. The van der Waals surface area contributed by atoms with Gasteiger partial charge in [-0.3, -0.25) is 9.59 Å². The van der Waals surface area contributed by atoms with Gasteiger partial charge in [0.2, 0.25) is 0 Å². The number of carbonyl (C=O) groups excluding carboxylic acids is 1. The maximum atomic E-state index is 11.6. The summed E-state index contributed by atoms with van der Waals surface area (Å²) in [6.07, 6.45) is 4.90. The van der Waals surface area contributed by atoms with E-state index in [1.807, 2.05) is 24.3 Å². The van der Waals surface area contributed by atoms with Gasteiger partial charge in [0, 0.05) is 12.8 Å². The number of benzene rings is 1. The van der Waals surface area contributed by atoms with Crippen LogP contribution in [0.1, 0.15) is 31.2 Å². The second-order valence-electron chi connectivity index (χ2n) is 4.18. The molecule has 4 nitrogen and oxygen atoms in total. The van der Waals surface area contributed by atoms with Crippen LogP contribution in [0.2, 0.25) is 0 Å². The fourth-order valence-electron chi connectivity index (χ4n) is 1.59. The van der Waals surface area contributed by atoms with Gasteiger partial charge in [-0.1, -0.05) is 18.2 Å². The van der Waals surface area contributed by atoms with Crippen LogP contribution in [-0.2, 0) is 9.59 Å². The van der Waals surface area contributed by atoms with Crippen molar-refractivity contribution in [2.45, 2.75) is 25.7 Å². The molecule has 0 spiro atoms. The fourth-order valence-corrected chi connectivity index (χ4v) is 1.59. The lowest BCUT2D eigenvalue weighted by Gasteiger charge is -2.00. The Hall–Kier alpha value is -2.10. The Morgan fingerprint density at radius 3 is 2.68 bits per heavy atom. The molecule has 1 N–H and O–H groups in total. The first-order valence-corrected chi connectivity index (χ1v) is 6.18. The number of carbonyl (C=O) groups is 2. The minimum Gasteiger partial charge on any atom is -0.497 e. The molecule has 0 heterocycles. The van der Waals surface area contributed by atoms with Crippen LogP contribution in [-0.4, -0.2) is 24.0 Å². The van der Waals surface area contributed by atoms with Crippen molar-refractivity contribution in [3.05, 3.63) is 35.9 Å². The summed E-state index contributed by atoms with van der Waals surface area (Å²) in [5.41, 5.74) is 0.901. The van der Waals surface area contributed by atoms with Gasteiger partial charge in [-0.25, -0.2) is 0 Å². The minimum atomic E-state index is -0.820. The molecule has 4 heteroatoms. The first-order chi connectivity index (χ1) is 9.11. The van der Waals surface area contributed by atoms with Gasteiger partial charge in [-0.2, -0.15) is 0 Å². The highest BCUT2D eigenvalue weighted by molar-refractivity contribution is 5.93. The SMILES string of the molecule is COc1cccc(/C=C/C(=O)CCCCC(=O)O)c1. The molecule has 0 aliphatic carbocycles. The molecule has 0 amide bonds. The molecule has 1 aromatic rings. The van der Waals surface area contributed by atoms with E-state index < -0.39 is 5.97 Å². The summed E-state index contributed by atoms with van der Waals surface area (Å²) in [6, 6.07) is 7.42. The third-order valence-electron chi connectivity index (χ3n) is 2.62. The average Bonchev–Trinajstić information content (AvgIpc) is 2.41. The van der Waals surface area contributed by atoms with Crippen LogP contribution in [0.3, 0.4) is 0 Å². The fraction of sp³-hybridized carbons (Fsp3) is 0.333. The van der Waals surface area contributed by atoms with E-state index in [0.29, 0.717) is 19.3 Å². The summed E-state index contributed by atoms with van der Waals surface area (Å²) in [6.45, 7) is 0. The van der Waals surface area contributed by atoms with Crippen LogP contribution in [0.4, 0.5) is 0 Å². The second kappa shape index (κ2) is 8.08. The number of allylic oxidation sites excluding steroid dienone is 1. The Morgan fingerprint density at radius 2 is 2.00 bits per heavy atom. The molecule has 0 saturated heterocycles. The summed E-state index contributed by atoms with van der Waals surface area (Å²) < 4.78 is 5.09. The quantitative estimate of drug-likeness (QED) is 0.578. The highest BCUT2D eigenvalue weighted by Gasteiger charge is 2.00. The van der Waals surface area contributed by atoms with Crippen molar-refractivity contribution in [1.29, 1.82) is 0 Å². The number of hydrogen-bond donors (Lipinski definition) is 1. The molecule has 0 aliphatic heterocycles. The molecule has 0 fully saturated rings. The minimum absolute atomic E-state index is 0.00760. The van der Waals surface area contributed by atoms with Crippen molar-refractivity contribution in [2.75, 3.05) is 7.11 Å². The van der Waals surface area contributed by atoms with E-state index in [-0.39, 0.29) is 12.2 Å². The van der Waals surface area contributed by atoms with Gasteiger partial charge in [0.1, 0.15) is 5.75 Å². The average molecular weight is 262 g/mol. The molecule has 19 heavy (non-hydrogen) atoms. The molecule has 102 valence electrons. The number of carboxylic acids is 1. The summed E-state index contributed by atoms with van der Waals surface area (Å²) >= 11 is 0. The number of ketones is 1. The normalized spacial score (nSPS) is 10.6.